The van der Waals surface area contributed by atoms with Gasteiger partial charge in [-0.15, -0.1) is 0 Å². The van der Waals surface area contributed by atoms with Crippen LogP contribution >= 0.6 is 0 Å². The molecule has 0 atom stereocenters. The predicted octanol–water partition coefficient (Wildman–Crippen LogP) is 2.99. The Balaban J connectivity index is 2.50. The van der Waals surface area contributed by atoms with E-state index in [1.165, 1.54) is 24.0 Å². The van der Waals surface area contributed by atoms with Crippen LogP contribution in [0.1, 0.15) is 45.8 Å². The van der Waals surface area contributed by atoms with E-state index in [4.69, 9.17) is 0 Å². The van der Waals surface area contributed by atoms with Gasteiger partial charge in [-0.3, -0.25) is 4.79 Å². The van der Waals surface area contributed by atoms with Crippen LogP contribution in [0, 0.1) is 13.8 Å². The summed E-state index contributed by atoms with van der Waals surface area (Å²) < 4.78 is 0. The molecule has 0 unspecified atom stereocenters. The number of carbonyl (C=O) groups is 1. The van der Waals surface area contributed by atoms with Crippen LogP contribution < -0.4 is 0 Å². The smallest absolute Gasteiger partial charge is 0.150 e. The summed E-state index contributed by atoms with van der Waals surface area (Å²) in [5.41, 5.74) is 4.67. The fourth-order valence-corrected chi connectivity index (χ4v) is 1.85. The Kier molecular flexibility index (Phi) is 1.95. The van der Waals surface area contributed by atoms with Gasteiger partial charge in [0.15, 0.2) is 0 Å². The molecule has 0 amide bonds. The van der Waals surface area contributed by atoms with E-state index < -0.39 is 0 Å². The minimum atomic E-state index is 0.735. The van der Waals surface area contributed by atoms with Crippen molar-refractivity contribution < 1.29 is 4.79 Å². The first-order chi connectivity index (χ1) is 6.22. The molecule has 0 radical (unpaired) electrons. The number of aryl methyl sites for hydroxylation is 2. The highest BCUT2D eigenvalue weighted by Crippen LogP contribution is 2.42. The summed E-state index contributed by atoms with van der Waals surface area (Å²) in [5, 5.41) is 0. The maximum absolute atomic E-state index is 10.7. The topological polar surface area (TPSA) is 17.1 Å². The molecule has 2 rings (SSSR count). The molecule has 0 saturated heterocycles. The molecule has 0 aliphatic heterocycles. The Morgan fingerprint density at radius 3 is 2.46 bits per heavy atom. The number of benzene rings is 1. The number of hydrogen-bond donors (Lipinski definition) is 0. The fraction of sp³-hybridized carbons (Fsp3) is 0.417. The first kappa shape index (κ1) is 8.49. The third-order valence-electron chi connectivity index (χ3n) is 2.80. The summed E-state index contributed by atoms with van der Waals surface area (Å²) >= 11 is 0. The monoisotopic (exact) mass is 174 g/mol. The largest absolute Gasteiger partial charge is 0.298 e. The maximum atomic E-state index is 10.7. The zero-order chi connectivity index (χ0) is 9.42. The molecule has 0 spiro atoms. The van der Waals surface area contributed by atoms with Crippen molar-refractivity contribution in [2.45, 2.75) is 32.6 Å². The Morgan fingerprint density at radius 1 is 1.23 bits per heavy atom. The highest BCUT2D eigenvalue weighted by Gasteiger charge is 2.25. The fourth-order valence-electron chi connectivity index (χ4n) is 1.85. The van der Waals surface area contributed by atoms with Gasteiger partial charge in [0, 0.05) is 5.56 Å². The molecule has 1 aromatic rings. The predicted molar refractivity (Wildman–Crippen MR) is 53.3 cm³/mol. The lowest BCUT2D eigenvalue weighted by molar-refractivity contribution is 0.112. The minimum Gasteiger partial charge on any atom is -0.298 e. The molecule has 1 aromatic carbocycles. The molecule has 1 aliphatic carbocycles. The molecule has 1 fully saturated rings. The van der Waals surface area contributed by atoms with Crippen LogP contribution in [0.15, 0.2) is 12.1 Å². The van der Waals surface area contributed by atoms with E-state index in [9.17, 15) is 4.79 Å². The standard InChI is InChI=1S/C12H14O/c1-8-5-9(2)12(10-3-4-10)6-11(8)7-13/h5-7,10H,3-4H2,1-2H3. The van der Waals surface area contributed by atoms with E-state index >= 15 is 0 Å². The van der Waals surface area contributed by atoms with Gasteiger partial charge < -0.3 is 0 Å². The molecule has 0 heterocycles. The van der Waals surface area contributed by atoms with Gasteiger partial charge in [-0.25, -0.2) is 0 Å². The van der Waals surface area contributed by atoms with Crippen LogP contribution in [0.5, 0.6) is 0 Å². The molecular formula is C12H14O. The van der Waals surface area contributed by atoms with Crippen LogP contribution in [-0.4, -0.2) is 6.29 Å². The molecule has 0 aromatic heterocycles. The number of rotatable bonds is 2. The quantitative estimate of drug-likeness (QED) is 0.630. The third-order valence-corrected chi connectivity index (χ3v) is 2.80. The van der Waals surface area contributed by atoms with Gasteiger partial charge >= 0.3 is 0 Å². The highest BCUT2D eigenvalue weighted by molar-refractivity contribution is 5.78. The molecule has 1 aliphatic rings. The zero-order valence-electron chi connectivity index (χ0n) is 8.13. The van der Waals surface area contributed by atoms with E-state index in [1.54, 1.807) is 0 Å². The lowest BCUT2D eigenvalue weighted by Gasteiger charge is -2.07. The van der Waals surface area contributed by atoms with Gasteiger partial charge in [0.25, 0.3) is 0 Å². The number of aldehydes is 1. The molecule has 1 saturated carbocycles. The van der Waals surface area contributed by atoms with Crippen LogP contribution in [0.25, 0.3) is 0 Å². The van der Waals surface area contributed by atoms with E-state index in [0.717, 1.165) is 23.3 Å². The van der Waals surface area contributed by atoms with E-state index in [2.05, 4.69) is 19.1 Å². The van der Waals surface area contributed by atoms with Crippen molar-refractivity contribution in [2.75, 3.05) is 0 Å². The molecular weight excluding hydrogens is 160 g/mol. The minimum absolute atomic E-state index is 0.735. The van der Waals surface area contributed by atoms with Crippen molar-refractivity contribution in [3.05, 3.63) is 34.4 Å². The van der Waals surface area contributed by atoms with Crippen molar-refractivity contribution >= 4 is 6.29 Å². The Bertz CT molecular complexity index is 348. The third kappa shape index (κ3) is 1.51. The average Bonchev–Trinajstić information content (AvgIpc) is 2.88. The molecule has 1 nitrogen and oxygen atoms in total. The van der Waals surface area contributed by atoms with E-state index in [0.29, 0.717) is 0 Å². The summed E-state index contributed by atoms with van der Waals surface area (Å²) in [6.45, 7) is 4.13. The first-order valence-electron chi connectivity index (χ1n) is 4.78. The van der Waals surface area contributed by atoms with Gasteiger partial charge in [0.2, 0.25) is 0 Å². The number of hydrogen-bond acceptors (Lipinski definition) is 1. The van der Waals surface area contributed by atoms with Crippen molar-refractivity contribution in [3.63, 3.8) is 0 Å². The van der Waals surface area contributed by atoms with Crippen molar-refractivity contribution in [1.82, 2.24) is 0 Å². The maximum Gasteiger partial charge on any atom is 0.150 e. The van der Waals surface area contributed by atoms with Crippen molar-refractivity contribution in [2.24, 2.45) is 0 Å². The van der Waals surface area contributed by atoms with Gasteiger partial charge in [-0.1, -0.05) is 6.07 Å². The average molecular weight is 174 g/mol. The molecule has 0 bridgehead atoms. The van der Waals surface area contributed by atoms with Crippen LogP contribution in [0.4, 0.5) is 0 Å². The SMILES string of the molecule is Cc1cc(C)c(C2CC2)cc1C=O. The van der Waals surface area contributed by atoms with Crippen LogP contribution in [0.3, 0.4) is 0 Å². The summed E-state index contributed by atoms with van der Waals surface area (Å²) in [6, 6.07) is 4.19. The lowest BCUT2D eigenvalue weighted by atomic mass is 9.98. The van der Waals surface area contributed by atoms with Crippen molar-refractivity contribution in [3.8, 4) is 0 Å². The van der Waals surface area contributed by atoms with Crippen LogP contribution in [-0.2, 0) is 0 Å². The second-order valence-corrected chi connectivity index (χ2v) is 3.96. The lowest BCUT2D eigenvalue weighted by Crippen LogP contribution is -1.93. The molecule has 68 valence electrons. The zero-order valence-corrected chi connectivity index (χ0v) is 8.13. The normalized spacial score (nSPS) is 15.8. The van der Waals surface area contributed by atoms with E-state index in [1.807, 2.05) is 6.92 Å². The molecule has 0 N–H and O–H groups in total. The van der Waals surface area contributed by atoms with Gasteiger partial charge in [0.1, 0.15) is 6.29 Å². The first-order valence-corrected chi connectivity index (χ1v) is 4.78. The van der Waals surface area contributed by atoms with Crippen molar-refractivity contribution in [1.29, 1.82) is 0 Å². The summed E-state index contributed by atoms with van der Waals surface area (Å²) in [4.78, 5) is 10.7. The van der Waals surface area contributed by atoms with Crippen LogP contribution in [0.2, 0.25) is 0 Å². The Morgan fingerprint density at radius 2 is 1.92 bits per heavy atom. The summed E-state index contributed by atoms with van der Waals surface area (Å²) in [6.07, 6.45) is 3.55. The highest BCUT2D eigenvalue weighted by atomic mass is 16.1. The second-order valence-electron chi connectivity index (χ2n) is 3.96. The van der Waals surface area contributed by atoms with Gasteiger partial charge in [-0.2, -0.15) is 0 Å². The molecule has 1 heteroatoms. The van der Waals surface area contributed by atoms with E-state index in [-0.39, 0.29) is 0 Å². The molecule has 13 heavy (non-hydrogen) atoms. The van der Waals surface area contributed by atoms with Gasteiger partial charge in [0.05, 0.1) is 0 Å². The second kappa shape index (κ2) is 2.99. The number of carbonyl (C=O) groups excluding carboxylic acids is 1. The summed E-state index contributed by atoms with van der Waals surface area (Å²) in [7, 11) is 0. The Hall–Kier alpha value is -1.11. The summed E-state index contributed by atoms with van der Waals surface area (Å²) in [5.74, 6) is 0.735. The van der Waals surface area contributed by atoms with Gasteiger partial charge in [-0.05, 0) is 55.4 Å². The Labute approximate surface area is 78.8 Å².